The molecule has 1 heterocycles. The van der Waals surface area contributed by atoms with Crippen LogP contribution in [0.25, 0.3) is 0 Å². The van der Waals surface area contributed by atoms with Crippen molar-refractivity contribution in [2.75, 3.05) is 0 Å². The van der Waals surface area contributed by atoms with Gasteiger partial charge in [-0.3, -0.25) is 4.98 Å². The second kappa shape index (κ2) is 5.06. The maximum Gasteiger partial charge on any atom is 0.339 e. The number of hydrogen-bond donors (Lipinski definition) is 1. The summed E-state index contributed by atoms with van der Waals surface area (Å²) in [7, 11) is 0. The van der Waals surface area contributed by atoms with Crippen molar-refractivity contribution in [3.63, 3.8) is 0 Å². The molecule has 0 unspecified atom stereocenters. The first-order valence-corrected chi connectivity index (χ1v) is 5.79. The van der Waals surface area contributed by atoms with Crippen LogP contribution in [0.15, 0.2) is 24.4 Å². The highest BCUT2D eigenvalue weighted by atomic mass is 16.5. The maximum atomic E-state index is 11.2. The average Bonchev–Trinajstić information content (AvgIpc) is 2.33. The van der Waals surface area contributed by atoms with E-state index >= 15 is 0 Å². The molecular weight excluding hydrogens is 244 g/mol. The van der Waals surface area contributed by atoms with Crippen LogP contribution >= 0.6 is 0 Å². The monoisotopic (exact) mass is 258 g/mol. The third-order valence-corrected chi connectivity index (χ3v) is 2.61. The van der Waals surface area contributed by atoms with Crippen LogP contribution in [0.1, 0.15) is 27.3 Å². The molecule has 2 aromatic rings. The van der Waals surface area contributed by atoms with Gasteiger partial charge in [-0.25, -0.2) is 9.78 Å². The Morgan fingerprint density at radius 1 is 1.26 bits per heavy atom. The Kier molecular flexibility index (Phi) is 3.46. The summed E-state index contributed by atoms with van der Waals surface area (Å²) in [5, 5.41) is 9.14. The van der Waals surface area contributed by atoms with Crippen LogP contribution in [-0.4, -0.2) is 21.0 Å². The van der Waals surface area contributed by atoms with E-state index in [0.29, 0.717) is 17.3 Å². The number of carboxylic acid groups (broad SMARTS) is 1. The van der Waals surface area contributed by atoms with E-state index in [2.05, 4.69) is 9.97 Å². The van der Waals surface area contributed by atoms with E-state index in [4.69, 9.17) is 9.84 Å². The second-order valence-electron chi connectivity index (χ2n) is 4.31. The SMILES string of the molecule is Cc1ccc(C(=O)O)c(Oc2nc(C)cnc2C)c1. The molecule has 0 bridgehead atoms. The van der Waals surface area contributed by atoms with Crippen LogP contribution in [-0.2, 0) is 0 Å². The Hall–Kier alpha value is -2.43. The highest BCUT2D eigenvalue weighted by Gasteiger charge is 2.14. The number of rotatable bonds is 3. The maximum absolute atomic E-state index is 11.2. The Morgan fingerprint density at radius 3 is 2.68 bits per heavy atom. The van der Waals surface area contributed by atoms with Crippen LogP contribution in [0, 0.1) is 20.8 Å². The molecule has 98 valence electrons. The summed E-state index contributed by atoms with van der Waals surface area (Å²) in [6.07, 6.45) is 1.64. The number of carboxylic acids is 1. The van der Waals surface area contributed by atoms with Crippen LogP contribution in [0.5, 0.6) is 11.6 Å². The minimum Gasteiger partial charge on any atom is -0.478 e. The van der Waals surface area contributed by atoms with Crippen molar-refractivity contribution >= 4 is 5.97 Å². The third-order valence-electron chi connectivity index (χ3n) is 2.61. The Bertz CT molecular complexity index is 639. The number of benzene rings is 1. The molecule has 0 radical (unpaired) electrons. The van der Waals surface area contributed by atoms with E-state index in [1.54, 1.807) is 32.2 Å². The van der Waals surface area contributed by atoms with Gasteiger partial charge < -0.3 is 9.84 Å². The molecule has 1 aromatic heterocycles. The quantitative estimate of drug-likeness (QED) is 0.916. The van der Waals surface area contributed by atoms with Gasteiger partial charge >= 0.3 is 5.97 Å². The van der Waals surface area contributed by atoms with Crippen molar-refractivity contribution in [3.8, 4) is 11.6 Å². The van der Waals surface area contributed by atoms with Crippen molar-refractivity contribution in [2.45, 2.75) is 20.8 Å². The first-order chi connectivity index (χ1) is 8.97. The molecule has 0 aliphatic carbocycles. The normalized spacial score (nSPS) is 10.3. The molecule has 0 saturated carbocycles. The highest BCUT2D eigenvalue weighted by molar-refractivity contribution is 5.91. The van der Waals surface area contributed by atoms with Gasteiger partial charge in [0, 0.05) is 6.20 Å². The minimum atomic E-state index is -1.03. The standard InChI is InChI=1S/C14H14N2O3/c1-8-4-5-11(14(17)18)12(6-8)19-13-10(3)15-7-9(2)16-13/h4-7H,1-3H3,(H,17,18). The number of carbonyl (C=O) groups is 1. The lowest BCUT2D eigenvalue weighted by Gasteiger charge is -2.10. The van der Waals surface area contributed by atoms with Crippen LogP contribution < -0.4 is 4.74 Å². The molecule has 0 saturated heterocycles. The summed E-state index contributed by atoms with van der Waals surface area (Å²) in [6, 6.07) is 4.92. The molecule has 2 rings (SSSR count). The van der Waals surface area contributed by atoms with Gasteiger partial charge in [0.2, 0.25) is 5.88 Å². The predicted molar refractivity (Wildman–Crippen MR) is 69.7 cm³/mol. The van der Waals surface area contributed by atoms with Gasteiger partial charge in [-0.15, -0.1) is 0 Å². The van der Waals surface area contributed by atoms with Gasteiger partial charge in [0.1, 0.15) is 11.3 Å². The zero-order valence-electron chi connectivity index (χ0n) is 11.0. The van der Waals surface area contributed by atoms with E-state index in [9.17, 15) is 4.79 Å². The van der Waals surface area contributed by atoms with E-state index in [1.165, 1.54) is 6.07 Å². The lowest BCUT2D eigenvalue weighted by molar-refractivity contribution is 0.0694. The van der Waals surface area contributed by atoms with Crippen molar-refractivity contribution < 1.29 is 14.6 Å². The van der Waals surface area contributed by atoms with Crippen molar-refractivity contribution in [3.05, 3.63) is 46.9 Å². The van der Waals surface area contributed by atoms with Gasteiger partial charge in [-0.2, -0.15) is 0 Å². The second-order valence-corrected chi connectivity index (χ2v) is 4.31. The lowest BCUT2D eigenvalue weighted by Crippen LogP contribution is -2.02. The fourth-order valence-corrected chi connectivity index (χ4v) is 1.61. The van der Waals surface area contributed by atoms with Crippen LogP contribution in [0.4, 0.5) is 0 Å². The molecular formula is C14H14N2O3. The van der Waals surface area contributed by atoms with E-state index in [1.807, 2.05) is 6.92 Å². The lowest BCUT2D eigenvalue weighted by atomic mass is 10.1. The molecule has 0 fully saturated rings. The van der Waals surface area contributed by atoms with Gasteiger partial charge in [0.05, 0.1) is 11.4 Å². The van der Waals surface area contributed by atoms with Crippen LogP contribution in [0.2, 0.25) is 0 Å². The molecule has 5 heteroatoms. The fraction of sp³-hybridized carbons (Fsp3) is 0.214. The Morgan fingerprint density at radius 2 is 2.00 bits per heavy atom. The minimum absolute atomic E-state index is 0.105. The first kappa shape index (κ1) is 13.0. The summed E-state index contributed by atoms with van der Waals surface area (Å²) in [5.74, 6) is -0.433. The highest BCUT2D eigenvalue weighted by Crippen LogP contribution is 2.26. The number of aromatic carboxylic acids is 1. The zero-order chi connectivity index (χ0) is 14.0. The molecule has 0 atom stereocenters. The Balaban J connectivity index is 2.45. The number of nitrogens with zero attached hydrogens (tertiary/aromatic N) is 2. The van der Waals surface area contributed by atoms with Crippen molar-refractivity contribution in [1.82, 2.24) is 9.97 Å². The van der Waals surface area contributed by atoms with Gasteiger partial charge in [-0.1, -0.05) is 6.07 Å². The largest absolute Gasteiger partial charge is 0.478 e. The number of ether oxygens (including phenoxy) is 1. The number of aryl methyl sites for hydroxylation is 3. The molecule has 1 N–H and O–H groups in total. The molecule has 5 nitrogen and oxygen atoms in total. The fourth-order valence-electron chi connectivity index (χ4n) is 1.61. The molecule has 1 aromatic carbocycles. The van der Waals surface area contributed by atoms with E-state index in [-0.39, 0.29) is 11.3 Å². The molecule has 0 aliphatic rings. The summed E-state index contributed by atoms with van der Waals surface area (Å²) < 4.78 is 5.61. The zero-order valence-corrected chi connectivity index (χ0v) is 11.0. The molecule has 0 spiro atoms. The third kappa shape index (κ3) is 2.88. The van der Waals surface area contributed by atoms with Gasteiger partial charge in [-0.05, 0) is 38.5 Å². The summed E-state index contributed by atoms with van der Waals surface area (Å²) in [4.78, 5) is 19.5. The topological polar surface area (TPSA) is 72.3 Å². The smallest absolute Gasteiger partial charge is 0.339 e. The number of aromatic nitrogens is 2. The summed E-state index contributed by atoms with van der Waals surface area (Å²) >= 11 is 0. The molecule has 19 heavy (non-hydrogen) atoms. The van der Waals surface area contributed by atoms with E-state index < -0.39 is 5.97 Å². The van der Waals surface area contributed by atoms with Crippen molar-refractivity contribution in [2.24, 2.45) is 0 Å². The summed E-state index contributed by atoms with van der Waals surface area (Å²) in [6.45, 7) is 5.43. The van der Waals surface area contributed by atoms with Gasteiger partial charge in [0.25, 0.3) is 0 Å². The van der Waals surface area contributed by atoms with Crippen molar-refractivity contribution in [1.29, 1.82) is 0 Å². The van der Waals surface area contributed by atoms with E-state index in [0.717, 1.165) is 5.56 Å². The van der Waals surface area contributed by atoms with Gasteiger partial charge in [0.15, 0.2) is 0 Å². The summed E-state index contributed by atoms with van der Waals surface area (Å²) in [5.41, 5.74) is 2.35. The molecule has 0 aliphatic heterocycles. The predicted octanol–water partition coefficient (Wildman–Crippen LogP) is 2.89. The first-order valence-electron chi connectivity index (χ1n) is 5.79. The average molecular weight is 258 g/mol. The Labute approximate surface area is 110 Å². The molecule has 0 amide bonds. The number of hydrogen-bond acceptors (Lipinski definition) is 4. The van der Waals surface area contributed by atoms with Crippen LogP contribution in [0.3, 0.4) is 0 Å².